The molecule has 0 spiro atoms. The molecule has 0 bridgehead atoms. The summed E-state index contributed by atoms with van der Waals surface area (Å²) in [7, 11) is 2.10. The fourth-order valence-electron chi connectivity index (χ4n) is 1.54. The standard InChI is InChI=1S/C9H18N2O2/c1-9(2,13-8-12)11-6-4-10(3)5-7-11/h8H,4-7H2,1-3H3. The van der Waals surface area contributed by atoms with Gasteiger partial charge >= 0.3 is 0 Å². The van der Waals surface area contributed by atoms with Crippen LogP contribution in [-0.2, 0) is 9.53 Å². The van der Waals surface area contributed by atoms with Crippen LogP contribution in [0.5, 0.6) is 0 Å². The van der Waals surface area contributed by atoms with Crippen LogP contribution in [0.15, 0.2) is 0 Å². The van der Waals surface area contributed by atoms with Gasteiger partial charge in [-0.25, -0.2) is 0 Å². The molecule has 76 valence electrons. The summed E-state index contributed by atoms with van der Waals surface area (Å²) in [5.74, 6) is 0. The molecule has 4 nitrogen and oxygen atoms in total. The second-order valence-electron chi connectivity index (χ2n) is 3.95. The van der Waals surface area contributed by atoms with E-state index in [0.717, 1.165) is 26.2 Å². The number of likely N-dealkylation sites (N-methyl/N-ethyl adjacent to an activating group) is 1. The van der Waals surface area contributed by atoms with Gasteiger partial charge in [-0.3, -0.25) is 9.69 Å². The third kappa shape index (κ3) is 2.67. The summed E-state index contributed by atoms with van der Waals surface area (Å²) in [5.41, 5.74) is -0.455. The van der Waals surface area contributed by atoms with E-state index in [9.17, 15) is 4.79 Å². The van der Waals surface area contributed by atoms with Crippen LogP contribution < -0.4 is 0 Å². The molecule has 1 aliphatic rings. The Kier molecular flexibility index (Phi) is 3.27. The molecular weight excluding hydrogens is 168 g/mol. The van der Waals surface area contributed by atoms with Gasteiger partial charge in [0.15, 0.2) is 5.72 Å². The van der Waals surface area contributed by atoms with E-state index in [1.165, 1.54) is 0 Å². The number of hydrogen-bond donors (Lipinski definition) is 0. The quantitative estimate of drug-likeness (QED) is 0.587. The van der Waals surface area contributed by atoms with Crippen molar-refractivity contribution in [3.8, 4) is 0 Å². The van der Waals surface area contributed by atoms with Crippen molar-refractivity contribution in [3.05, 3.63) is 0 Å². The monoisotopic (exact) mass is 186 g/mol. The first-order valence-electron chi connectivity index (χ1n) is 4.61. The number of rotatable bonds is 3. The first-order valence-corrected chi connectivity index (χ1v) is 4.61. The average Bonchev–Trinajstić information content (AvgIpc) is 2.05. The van der Waals surface area contributed by atoms with Gasteiger partial charge in [-0.2, -0.15) is 0 Å². The summed E-state index contributed by atoms with van der Waals surface area (Å²) in [6, 6.07) is 0. The Labute approximate surface area is 79.4 Å². The molecule has 1 rings (SSSR count). The van der Waals surface area contributed by atoms with Crippen LogP contribution in [0.3, 0.4) is 0 Å². The number of carbonyl (C=O) groups is 1. The minimum atomic E-state index is -0.455. The lowest BCUT2D eigenvalue weighted by molar-refractivity contribution is -0.164. The highest BCUT2D eigenvalue weighted by Gasteiger charge is 2.30. The van der Waals surface area contributed by atoms with E-state index in [0.29, 0.717) is 6.47 Å². The molecule has 4 heteroatoms. The summed E-state index contributed by atoms with van der Waals surface area (Å²) in [5, 5.41) is 0. The molecule has 0 saturated carbocycles. The zero-order valence-electron chi connectivity index (χ0n) is 8.62. The number of piperazine rings is 1. The lowest BCUT2D eigenvalue weighted by Crippen LogP contribution is -2.54. The van der Waals surface area contributed by atoms with E-state index in [2.05, 4.69) is 16.8 Å². The smallest absolute Gasteiger partial charge is 0.294 e. The Morgan fingerprint density at radius 1 is 1.23 bits per heavy atom. The van der Waals surface area contributed by atoms with Gasteiger partial charge in [0.05, 0.1) is 0 Å². The SMILES string of the molecule is CN1CCN(C(C)(C)OC=O)CC1. The Bertz CT molecular complexity index is 174. The number of hydrogen-bond acceptors (Lipinski definition) is 4. The van der Waals surface area contributed by atoms with Crippen LogP contribution in [-0.4, -0.2) is 55.2 Å². The predicted octanol–water partition coefficient (Wildman–Crippen LogP) is 0.143. The Balaban J connectivity index is 2.47. The maximum atomic E-state index is 10.3. The van der Waals surface area contributed by atoms with Gasteiger partial charge in [0.1, 0.15) is 0 Å². The molecular formula is C9H18N2O2. The molecule has 0 unspecified atom stereocenters. The van der Waals surface area contributed by atoms with Crippen molar-refractivity contribution < 1.29 is 9.53 Å². The zero-order valence-corrected chi connectivity index (χ0v) is 8.62. The first-order chi connectivity index (χ1) is 6.06. The van der Waals surface area contributed by atoms with Crippen LogP contribution in [0.2, 0.25) is 0 Å². The lowest BCUT2D eigenvalue weighted by Gasteiger charge is -2.41. The van der Waals surface area contributed by atoms with Crippen LogP contribution in [0.1, 0.15) is 13.8 Å². The van der Waals surface area contributed by atoms with Crippen molar-refractivity contribution in [2.45, 2.75) is 19.6 Å². The number of ether oxygens (including phenoxy) is 1. The molecule has 13 heavy (non-hydrogen) atoms. The summed E-state index contributed by atoms with van der Waals surface area (Å²) in [6.45, 7) is 8.35. The molecule has 1 saturated heterocycles. The van der Waals surface area contributed by atoms with E-state index in [4.69, 9.17) is 4.74 Å². The Morgan fingerprint density at radius 2 is 1.77 bits per heavy atom. The average molecular weight is 186 g/mol. The van der Waals surface area contributed by atoms with Gasteiger partial charge in [-0.05, 0) is 20.9 Å². The molecule has 0 atom stereocenters. The van der Waals surface area contributed by atoms with Crippen LogP contribution in [0.25, 0.3) is 0 Å². The van der Waals surface area contributed by atoms with Gasteiger partial charge in [0.2, 0.25) is 0 Å². The number of nitrogens with zero attached hydrogens (tertiary/aromatic N) is 2. The van der Waals surface area contributed by atoms with Crippen molar-refractivity contribution in [2.75, 3.05) is 33.2 Å². The fraction of sp³-hybridized carbons (Fsp3) is 0.889. The van der Waals surface area contributed by atoms with Crippen LogP contribution >= 0.6 is 0 Å². The van der Waals surface area contributed by atoms with Gasteiger partial charge in [0.25, 0.3) is 6.47 Å². The maximum absolute atomic E-state index is 10.3. The van der Waals surface area contributed by atoms with Crippen molar-refractivity contribution in [1.82, 2.24) is 9.80 Å². The molecule has 1 fully saturated rings. The molecule has 0 radical (unpaired) electrons. The second-order valence-corrected chi connectivity index (χ2v) is 3.95. The molecule has 0 aromatic rings. The van der Waals surface area contributed by atoms with Crippen molar-refractivity contribution in [1.29, 1.82) is 0 Å². The first kappa shape index (κ1) is 10.5. The molecule has 0 amide bonds. The van der Waals surface area contributed by atoms with Crippen molar-refractivity contribution in [3.63, 3.8) is 0 Å². The summed E-state index contributed by atoms with van der Waals surface area (Å²) < 4.78 is 5.03. The molecule has 1 aliphatic heterocycles. The minimum absolute atomic E-state index is 0.455. The molecule has 0 aliphatic carbocycles. The van der Waals surface area contributed by atoms with Crippen molar-refractivity contribution in [2.24, 2.45) is 0 Å². The number of carbonyl (C=O) groups excluding carboxylic acids is 1. The van der Waals surface area contributed by atoms with Gasteiger partial charge in [0, 0.05) is 26.2 Å². The van der Waals surface area contributed by atoms with Crippen molar-refractivity contribution >= 4 is 6.47 Å². The Hall–Kier alpha value is -0.610. The molecule has 0 N–H and O–H groups in total. The Morgan fingerprint density at radius 3 is 2.23 bits per heavy atom. The molecule has 1 heterocycles. The maximum Gasteiger partial charge on any atom is 0.294 e. The fourth-order valence-corrected chi connectivity index (χ4v) is 1.54. The van der Waals surface area contributed by atoms with Gasteiger partial charge in [-0.1, -0.05) is 0 Å². The van der Waals surface area contributed by atoms with E-state index in [1.807, 2.05) is 13.8 Å². The van der Waals surface area contributed by atoms with E-state index in [1.54, 1.807) is 0 Å². The molecule has 0 aromatic carbocycles. The normalized spacial score (nSPS) is 21.5. The summed E-state index contributed by atoms with van der Waals surface area (Å²) in [4.78, 5) is 14.7. The second kappa shape index (κ2) is 4.07. The highest BCUT2D eigenvalue weighted by Crippen LogP contribution is 2.16. The molecule has 0 aromatic heterocycles. The van der Waals surface area contributed by atoms with E-state index >= 15 is 0 Å². The zero-order chi connectivity index (χ0) is 9.90. The summed E-state index contributed by atoms with van der Waals surface area (Å²) in [6.07, 6.45) is 0. The van der Waals surface area contributed by atoms with Gasteiger partial charge < -0.3 is 9.64 Å². The highest BCUT2D eigenvalue weighted by molar-refractivity contribution is 5.38. The van der Waals surface area contributed by atoms with Crippen LogP contribution in [0, 0.1) is 0 Å². The third-order valence-electron chi connectivity index (χ3n) is 2.60. The highest BCUT2D eigenvalue weighted by atomic mass is 16.6. The topological polar surface area (TPSA) is 32.8 Å². The van der Waals surface area contributed by atoms with Crippen LogP contribution in [0.4, 0.5) is 0 Å². The van der Waals surface area contributed by atoms with E-state index < -0.39 is 5.72 Å². The largest absolute Gasteiger partial charge is 0.446 e. The minimum Gasteiger partial charge on any atom is -0.446 e. The van der Waals surface area contributed by atoms with E-state index in [-0.39, 0.29) is 0 Å². The summed E-state index contributed by atoms with van der Waals surface area (Å²) >= 11 is 0. The predicted molar refractivity (Wildman–Crippen MR) is 50.3 cm³/mol. The lowest BCUT2D eigenvalue weighted by atomic mass is 10.2. The van der Waals surface area contributed by atoms with Gasteiger partial charge in [-0.15, -0.1) is 0 Å². The third-order valence-corrected chi connectivity index (χ3v) is 2.60.